The van der Waals surface area contributed by atoms with Crippen LogP contribution in [-0.4, -0.2) is 54.7 Å². The van der Waals surface area contributed by atoms with E-state index in [0.29, 0.717) is 6.61 Å². The van der Waals surface area contributed by atoms with Crippen LogP contribution in [0.1, 0.15) is 29.3 Å². The van der Waals surface area contributed by atoms with Crippen molar-refractivity contribution in [1.29, 1.82) is 0 Å². The summed E-state index contributed by atoms with van der Waals surface area (Å²) in [6.45, 7) is 8.09. The zero-order chi connectivity index (χ0) is 22.6. The quantitative estimate of drug-likeness (QED) is 0.310. The molecule has 0 spiro atoms. The minimum atomic E-state index is 0. The molecule has 1 fully saturated rings. The highest BCUT2D eigenvalue weighted by molar-refractivity contribution is 6.21. The highest BCUT2D eigenvalue weighted by Crippen LogP contribution is 2.29. The summed E-state index contributed by atoms with van der Waals surface area (Å²) in [5.74, 6) is 0.901. The van der Waals surface area contributed by atoms with Gasteiger partial charge in [-0.2, -0.15) is 0 Å². The van der Waals surface area contributed by atoms with E-state index in [0.717, 1.165) is 84.4 Å². The Balaban J connectivity index is 0.00000274. The van der Waals surface area contributed by atoms with Gasteiger partial charge in [-0.3, -0.25) is 9.69 Å². The number of halogens is 1. The Kier molecular flexibility index (Phi) is 7.88. The molecule has 0 aliphatic carbocycles. The first kappa shape index (κ1) is 24.3. The van der Waals surface area contributed by atoms with Crippen molar-refractivity contribution in [3.05, 3.63) is 78.0 Å². The highest BCUT2D eigenvalue weighted by Gasteiger charge is 2.19. The van der Waals surface area contributed by atoms with E-state index >= 15 is 0 Å². The maximum Gasteiger partial charge on any atom is 0.195 e. The van der Waals surface area contributed by atoms with Crippen LogP contribution in [0.5, 0.6) is 5.75 Å². The first-order valence-corrected chi connectivity index (χ1v) is 11.8. The van der Waals surface area contributed by atoms with Crippen LogP contribution in [0, 0.1) is 0 Å². The van der Waals surface area contributed by atoms with Gasteiger partial charge in [0.05, 0.1) is 19.8 Å². The van der Waals surface area contributed by atoms with Crippen LogP contribution < -0.4 is 4.74 Å². The third-order valence-electron chi connectivity index (χ3n) is 6.36. The van der Waals surface area contributed by atoms with Crippen molar-refractivity contribution in [2.75, 3.05) is 39.5 Å². The Morgan fingerprint density at radius 1 is 0.941 bits per heavy atom. The van der Waals surface area contributed by atoms with Gasteiger partial charge in [0, 0.05) is 54.4 Å². The van der Waals surface area contributed by atoms with E-state index in [-0.39, 0.29) is 18.2 Å². The van der Waals surface area contributed by atoms with Gasteiger partial charge in [-0.05, 0) is 41.5 Å². The lowest BCUT2D eigenvalue weighted by atomic mass is 9.97. The Morgan fingerprint density at radius 2 is 1.76 bits per heavy atom. The lowest BCUT2D eigenvalue weighted by Gasteiger charge is -2.26. The summed E-state index contributed by atoms with van der Waals surface area (Å²) in [6, 6.07) is 20.1. The van der Waals surface area contributed by atoms with Crippen LogP contribution in [0.15, 0.2) is 66.9 Å². The maximum absolute atomic E-state index is 13.8. The summed E-state index contributed by atoms with van der Waals surface area (Å²) in [5.41, 5.74) is 2.58. The molecular formula is C28H31ClN2O3. The molecule has 178 valence electrons. The fourth-order valence-electron chi connectivity index (χ4n) is 4.60. The fraction of sp³-hybridized carbons (Fsp3) is 0.321. The Bertz CT molecular complexity index is 1280. The summed E-state index contributed by atoms with van der Waals surface area (Å²) in [4.78, 5) is 16.2. The zero-order valence-electron chi connectivity index (χ0n) is 19.5. The van der Waals surface area contributed by atoms with Gasteiger partial charge in [-0.25, -0.2) is 0 Å². The van der Waals surface area contributed by atoms with E-state index in [4.69, 9.17) is 9.47 Å². The molecular weight excluding hydrogens is 448 g/mol. The average Bonchev–Trinajstić information content (AvgIpc) is 3.24. The van der Waals surface area contributed by atoms with Crippen molar-refractivity contribution in [1.82, 2.24) is 9.47 Å². The molecule has 5 nitrogen and oxygen atoms in total. The second kappa shape index (κ2) is 11.0. The molecule has 2 heterocycles. The van der Waals surface area contributed by atoms with E-state index in [1.807, 2.05) is 54.7 Å². The first-order chi connectivity index (χ1) is 16.2. The summed E-state index contributed by atoms with van der Waals surface area (Å²) >= 11 is 0. The minimum Gasteiger partial charge on any atom is -0.494 e. The van der Waals surface area contributed by atoms with Gasteiger partial charge >= 0.3 is 0 Å². The van der Waals surface area contributed by atoms with Gasteiger partial charge in [-0.1, -0.05) is 43.3 Å². The van der Waals surface area contributed by atoms with Crippen molar-refractivity contribution in [3.8, 4) is 5.75 Å². The summed E-state index contributed by atoms with van der Waals surface area (Å²) in [6.07, 6.45) is 3.00. The molecule has 6 heteroatoms. The van der Waals surface area contributed by atoms with Crippen LogP contribution in [0.25, 0.3) is 21.7 Å². The molecule has 0 unspecified atom stereocenters. The molecule has 1 aliphatic rings. The smallest absolute Gasteiger partial charge is 0.195 e. The molecule has 1 saturated heterocycles. The largest absolute Gasteiger partial charge is 0.494 e. The van der Waals surface area contributed by atoms with Crippen LogP contribution in [-0.2, 0) is 11.3 Å². The van der Waals surface area contributed by atoms with Gasteiger partial charge in [0.25, 0.3) is 0 Å². The lowest BCUT2D eigenvalue weighted by Crippen LogP contribution is -2.38. The number of hydrogen-bond donors (Lipinski definition) is 0. The average molecular weight is 479 g/mol. The molecule has 0 saturated carbocycles. The Labute approximate surface area is 206 Å². The van der Waals surface area contributed by atoms with Crippen LogP contribution in [0.3, 0.4) is 0 Å². The first-order valence-electron chi connectivity index (χ1n) is 11.8. The second-order valence-corrected chi connectivity index (χ2v) is 8.57. The number of nitrogens with zero attached hydrogens (tertiary/aromatic N) is 2. The summed E-state index contributed by atoms with van der Waals surface area (Å²) in [5, 5.41) is 2.98. The molecule has 0 atom stereocenters. The van der Waals surface area contributed by atoms with Gasteiger partial charge in [0.15, 0.2) is 5.78 Å². The monoisotopic (exact) mass is 478 g/mol. The number of ketones is 1. The van der Waals surface area contributed by atoms with E-state index in [1.54, 1.807) is 0 Å². The number of carbonyl (C=O) groups excluding carboxylic acids is 1. The number of aromatic nitrogens is 1. The van der Waals surface area contributed by atoms with Crippen molar-refractivity contribution in [3.63, 3.8) is 0 Å². The number of ether oxygens (including phenoxy) is 2. The number of fused-ring (bicyclic) bond motifs is 2. The fourth-order valence-corrected chi connectivity index (χ4v) is 4.60. The molecule has 34 heavy (non-hydrogen) atoms. The molecule has 3 aromatic carbocycles. The van der Waals surface area contributed by atoms with Crippen LogP contribution in [0.4, 0.5) is 0 Å². The Hall–Kier alpha value is -2.86. The minimum absolute atomic E-state index is 0. The predicted octanol–water partition coefficient (Wildman–Crippen LogP) is 5.57. The number of hydrogen-bond acceptors (Lipinski definition) is 4. The van der Waals surface area contributed by atoms with Crippen LogP contribution >= 0.6 is 12.4 Å². The molecule has 0 radical (unpaired) electrons. The third-order valence-corrected chi connectivity index (χ3v) is 6.36. The summed E-state index contributed by atoms with van der Waals surface area (Å²) < 4.78 is 13.5. The number of morpholine rings is 1. The predicted molar refractivity (Wildman–Crippen MR) is 140 cm³/mol. The van der Waals surface area contributed by atoms with E-state index in [1.165, 1.54) is 0 Å². The molecule has 1 aliphatic heterocycles. The van der Waals surface area contributed by atoms with E-state index in [2.05, 4.69) is 28.5 Å². The van der Waals surface area contributed by atoms with Gasteiger partial charge in [-0.15, -0.1) is 12.4 Å². The van der Waals surface area contributed by atoms with Gasteiger partial charge in [0.2, 0.25) is 0 Å². The molecule has 0 amide bonds. The maximum atomic E-state index is 13.8. The molecule has 0 bridgehead atoms. The number of benzene rings is 3. The van der Waals surface area contributed by atoms with Gasteiger partial charge in [0.1, 0.15) is 5.75 Å². The lowest BCUT2D eigenvalue weighted by molar-refractivity contribution is 0.0365. The SMILES string of the molecule is CCCOc1ccc2c(C(=O)c3cn(CCN4CCOCC4)c4ccccc34)cccc2c1.Cl. The highest BCUT2D eigenvalue weighted by atomic mass is 35.5. The molecule has 5 rings (SSSR count). The number of carbonyl (C=O) groups is 1. The number of para-hydroxylation sites is 1. The molecule has 4 aromatic rings. The van der Waals surface area contributed by atoms with E-state index < -0.39 is 0 Å². The van der Waals surface area contributed by atoms with Gasteiger partial charge < -0.3 is 14.0 Å². The van der Waals surface area contributed by atoms with Crippen molar-refractivity contribution >= 4 is 39.9 Å². The Morgan fingerprint density at radius 3 is 2.59 bits per heavy atom. The van der Waals surface area contributed by atoms with E-state index in [9.17, 15) is 4.79 Å². The summed E-state index contributed by atoms with van der Waals surface area (Å²) in [7, 11) is 0. The topological polar surface area (TPSA) is 43.7 Å². The van der Waals surface area contributed by atoms with Crippen molar-refractivity contribution < 1.29 is 14.3 Å². The van der Waals surface area contributed by atoms with Crippen molar-refractivity contribution in [2.24, 2.45) is 0 Å². The molecule has 1 aromatic heterocycles. The second-order valence-electron chi connectivity index (χ2n) is 8.57. The third kappa shape index (κ3) is 4.97. The normalized spacial score (nSPS) is 14.3. The van der Waals surface area contributed by atoms with Crippen LogP contribution in [0.2, 0.25) is 0 Å². The van der Waals surface area contributed by atoms with Crippen molar-refractivity contribution in [2.45, 2.75) is 19.9 Å². The number of rotatable bonds is 8. The standard InChI is InChI=1S/C28H30N2O3.ClH/c1-2-16-33-22-10-11-23-21(19-22)6-5-8-25(23)28(31)26-20-30(27-9-4-3-7-24(26)27)13-12-29-14-17-32-18-15-29;/h3-11,19-20H,2,12-18H2,1H3;1H. The molecule has 0 N–H and O–H groups in total. The zero-order valence-corrected chi connectivity index (χ0v) is 20.4.